The van der Waals surface area contributed by atoms with Gasteiger partial charge in [0, 0.05) is 5.92 Å². The molecule has 0 saturated carbocycles. The molecule has 0 radical (unpaired) electrons. The maximum absolute atomic E-state index is 12.2. The molecule has 1 heterocycles. The molecule has 2 unspecified atom stereocenters. The second-order valence-corrected chi connectivity index (χ2v) is 7.73. The van der Waals surface area contributed by atoms with E-state index in [0.29, 0.717) is 4.90 Å². The third-order valence-corrected chi connectivity index (χ3v) is 6.17. The first-order chi connectivity index (χ1) is 9.33. The van der Waals surface area contributed by atoms with E-state index in [9.17, 15) is 8.42 Å². The highest BCUT2D eigenvalue weighted by Gasteiger charge is 2.38. The molecule has 0 bridgehead atoms. The van der Waals surface area contributed by atoms with E-state index >= 15 is 0 Å². The van der Waals surface area contributed by atoms with Gasteiger partial charge in [-0.3, -0.25) is 0 Å². The van der Waals surface area contributed by atoms with Gasteiger partial charge in [0.25, 0.3) is 0 Å². The van der Waals surface area contributed by atoms with Gasteiger partial charge in [-0.2, -0.15) is 0 Å². The number of nitrogens with zero attached hydrogens (tertiary/aromatic N) is 1. The van der Waals surface area contributed by atoms with Gasteiger partial charge in [0.15, 0.2) is 0 Å². The standard InChI is InChI=1S/C15H25N2O2S/c1-5-17(4,6-2)11-12(3)15-13-9-7-8-10-14(13)20(18,19)16-15/h7-10,12,15-16H,5-6,11H2,1-4H3/q+1. The Morgan fingerprint density at radius 2 is 1.85 bits per heavy atom. The zero-order valence-corrected chi connectivity index (χ0v) is 13.6. The summed E-state index contributed by atoms with van der Waals surface area (Å²) in [4.78, 5) is 0.444. The highest BCUT2D eigenvalue weighted by molar-refractivity contribution is 7.89. The van der Waals surface area contributed by atoms with Crippen LogP contribution in [-0.4, -0.2) is 39.6 Å². The van der Waals surface area contributed by atoms with E-state index in [1.54, 1.807) is 12.1 Å². The number of hydrogen-bond donors (Lipinski definition) is 1. The van der Waals surface area contributed by atoms with Crippen LogP contribution in [0.5, 0.6) is 0 Å². The largest absolute Gasteiger partial charge is 0.326 e. The van der Waals surface area contributed by atoms with Crippen molar-refractivity contribution in [3.63, 3.8) is 0 Å². The molecule has 0 amide bonds. The Balaban J connectivity index is 2.28. The van der Waals surface area contributed by atoms with E-state index < -0.39 is 10.0 Å². The zero-order chi connectivity index (χ0) is 15.0. The maximum atomic E-state index is 12.2. The topological polar surface area (TPSA) is 46.2 Å². The van der Waals surface area contributed by atoms with E-state index in [1.807, 2.05) is 12.1 Å². The number of quaternary nitrogens is 1. The summed E-state index contributed by atoms with van der Waals surface area (Å²) in [7, 11) is -1.10. The highest BCUT2D eigenvalue weighted by Crippen LogP contribution is 2.35. The van der Waals surface area contributed by atoms with Crippen LogP contribution in [0.2, 0.25) is 0 Å². The third kappa shape index (κ3) is 2.75. The highest BCUT2D eigenvalue weighted by atomic mass is 32.2. The number of sulfonamides is 1. The van der Waals surface area contributed by atoms with Crippen LogP contribution < -0.4 is 4.72 Å². The number of benzene rings is 1. The van der Waals surface area contributed by atoms with Crippen LogP contribution in [0.3, 0.4) is 0 Å². The van der Waals surface area contributed by atoms with E-state index in [1.165, 1.54) is 0 Å². The molecule has 0 spiro atoms. The van der Waals surface area contributed by atoms with Crippen molar-refractivity contribution in [1.82, 2.24) is 4.72 Å². The third-order valence-electron chi connectivity index (χ3n) is 4.65. The number of hydrogen-bond acceptors (Lipinski definition) is 2. The number of rotatable bonds is 5. The van der Waals surface area contributed by atoms with Crippen molar-refractivity contribution in [3.8, 4) is 0 Å². The minimum absolute atomic E-state index is 0.105. The van der Waals surface area contributed by atoms with Gasteiger partial charge in [-0.1, -0.05) is 25.1 Å². The van der Waals surface area contributed by atoms with Crippen LogP contribution in [0.4, 0.5) is 0 Å². The second kappa shape index (κ2) is 5.47. The van der Waals surface area contributed by atoms with Crippen molar-refractivity contribution in [1.29, 1.82) is 0 Å². The first kappa shape index (κ1) is 15.5. The summed E-state index contributed by atoms with van der Waals surface area (Å²) in [5, 5.41) is 0. The molecule has 1 aromatic rings. The van der Waals surface area contributed by atoms with Gasteiger partial charge in [-0.25, -0.2) is 13.1 Å². The molecule has 0 aromatic heterocycles. The fourth-order valence-electron chi connectivity index (χ4n) is 2.98. The summed E-state index contributed by atoms with van der Waals surface area (Å²) in [6.07, 6.45) is 0. The van der Waals surface area contributed by atoms with Gasteiger partial charge in [0.2, 0.25) is 10.0 Å². The zero-order valence-electron chi connectivity index (χ0n) is 12.8. The van der Waals surface area contributed by atoms with E-state index in [-0.39, 0.29) is 12.0 Å². The first-order valence-electron chi connectivity index (χ1n) is 7.28. The summed E-state index contributed by atoms with van der Waals surface area (Å²) in [5.41, 5.74) is 0.916. The molecule has 0 saturated heterocycles. The van der Waals surface area contributed by atoms with Gasteiger partial charge in [-0.15, -0.1) is 0 Å². The lowest BCUT2D eigenvalue weighted by atomic mass is 9.94. The summed E-state index contributed by atoms with van der Waals surface area (Å²) < 4.78 is 28.1. The summed E-state index contributed by atoms with van der Waals surface area (Å²) in [6.45, 7) is 9.58. The van der Waals surface area contributed by atoms with Crippen molar-refractivity contribution < 1.29 is 12.9 Å². The van der Waals surface area contributed by atoms with Crippen molar-refractivity contribution >= 4 is 10.0 Å². The van der Waals surface area contributed by atoms with Crippen LogP contribution in [0, 0.1) is 5.92 Å². The Kier molecular flexibility index (Phi) is 4.23. The van der Waals surface area contributed by atoms with Crippen molar-refractivity contribution in [2.75, 3.05) is 26.7 Å². The predicted octanol–water partition coefficient (Wildman–Crippen LogP) is 2.14. The predicted molar refractivity (Wildman–Crippen MR) is 80.8 cm³/mol. The van der Waals surface area contributed by atoms with Crippen LogP contribution in [0.25, 0.3) is 0 Å². The summed E-state index contributed by atoms with van der Waals surface area (Å²) in [5.74, 6) is 0.262. The fourth-order valence-corrected chi connectivity index (χ4v) is 4.57. The summed E-state index contributed by atoms with van der Waals surface area (Å²) in [6, 6.07) is 7.21. The Labute approximate surface area is 122 Å². The average Bonchev–Trinajstić information content (AvgIpc) is 2.71. The molecule has 1 aromatic carbocycles. The molecule has 1 aliphatic heterocycles. The SMILES string of the molecule is CC[N+](C)(CC)CC(C)C1NS(=O)(=O)c2ccccc21. The maximum Gasteiger partial charge on any atom is 0.241 e. The van der Waals surface area contributed by atoms with Crippen LogP contribution >= 0.6 is 0 Å². The van der Waals surface area contributed by atoms with Crippen LogP contribution in [0.1, 0.15) is 32.4 Å². The molecule has 0 fully saturated rings. The molecular weight excluding hydrogens is 272 g/mol. The van der Waals surface area contributed by atoms with Crippen molar-refractivity contribution in [2.24, 2.45) is 5.92 Å². The molecule has 2 rings (SSSR count). The van der Waals surface area contributed by atoms with Gasteiger partial charge in [0.1, 0.15) is 0 Å². The lowest BCUT2D eigenvalue weighted by Gasteiger charge is -2.36. The molecule has 2 atom stereocenters. The van der Waals surface area contributed by atoms with Crippen molar-refractivity contribution in [3.05, 3.63) is 29.8 Å². The number of nitrogens with one attached hydrogen (secondary N) is 1. The lowest BCUT2D eigenvalue weighted by Crippen LogP contribution is -2.48. The Bertz CT molecular complexity index is 579. The quantitative estimate of drug-likeness (QED) is 0.846. The monoisotopic (exact) mass is 297 g/mol. The van der Waals surface area contributed by atoms with Crippen LogP contribution in [-0.2, 0) is 10.0 Å². The minimum atomic E-state index is -3.33. The Morgan fingerprint density at radius 3 is 2.45 bits per heavy atom. The summed E-state index contributed by atoms with van der Waals surface area (Å²) >= 11 is 0. The second-order valence-electron chi connectivity index (χ2n) is 6.05. The van der Waals surface area contributed by atoms with Gasteiger partial charge < -0.3 is 4.48 Å². The van der Waals surface area contributed by atoms with Gasteiger partial charge in [0.05, 0.1) is 37.6 Å². The Hall–Kier alpha value is -0.910. The fraction of sp³-hybridized carbons (Fsp3) is 0.600. The smallest absolute Gasteiger partial charge is 0.241 e. The van der Waals surface area contributed by atoms with E-state index in [2.05, 4.69) is 32.5 Å². The molecule has 4 nitrogen and oxygen atoms in total. The van der Waals surface area contributed by atoms with Crippen molar-refractivity contribution in [2.45, 2.75) is 31.7 Å². The molecule has 5 heteroatoms. The molecule has 112 valence electrons. The Morgan fingerprint density at radius 1 is 1.25 bits per heavy atom. The van der Waals surface area contributed by atoms with Gasteiger partial charge in [-0.05, 0) is 25.5 Å². The lowest BCUT2D eigenvalue weighted by molar-refractivity contribution is -0.909. The molecule has 20 heavy (non-hydrogen) atoms. The molecular formula is C15H25N2O2S+. The van der Waals surface area contributed by atoms with E-state index in [0.717, 1.165) is 29.7 Å². The first-order valence-corrected chi connectivity index (χ1v) is 8.76. The molecule has 1 N–H and O–H groups in total. The number of fused-ring (bicyclic) bond motifs is 1. The molecule has 0 aliphatic carbocycles. The minimum Gasteiger partial charge on any atom is -0.326 e. The van der Waals surface area contributed by atoms with Crippen LogP contribution in [0.15, 0.2) is 29.2 Å². The van der Waals surface area contributed by atoms with Gasteiger partial charge >= 0.3 is 0 Å². The average molecular weight is 297 g/mol. The van der Waals surface area contributed by atoms with E-state index in [4.69, 9.17) is 0 Å². The normalized spacial score (nSPS) is 22.5. The molecule has 1 aliphatic rings.